The zero-order chi connectivity index (χ0) is 34.3. The Kier molecular flexibility index (Phi) is 9.02. The van der Waals surface area contributed by atoms with Gasteiger partial charge in [-0.1, -0.05) is 0 Å². The Bertz CT molecular complexity index is 1880. The van der Waals surface area contributed by atoms with E-state index in [0.29, 0.717) is 0 Å². The standard InChI is InChI=1S/C30H30F2N5O10P/c1-16(38)33-12-19-13-37(29(42)46-19)18-4-5-24(22(31)10-18)45-15-30(47-48(43)44)6-8-35(9-7-30)27-23(32)11-20-25(39)21(28(40)41)14-36(17-2-3-17)26(20)34-27/h4-5,10-11,14,17,19H,2-3,6-9,12-13,15H2,1H3,(H2-,33,38,40,41,43,44)/p+1/t19-/m0/s1. The Morgan fingerprint density at radius 2 is 1.90 bits per heavy atom. The molecule has 2 aromatic heterocycles. The summed E-state index contributed by atoms with van der Waals surface area (Å²) in [6, 6.07) is 4.73. The van der Waals surface area contributed by atoms with Gasteiger partial charge in [0.1, 0.15) is 23.9 Å². The molecule has 0 radical (unpaired) electrons. The number of rotatable bonds is 11. The molecule has 18 heteroatoms. The van der Waals surface area contributed by atoms with Crippen LogP contribution < -0.4 is 25.3 Å². The summed E-state index contributed by atoms with van der Waals surface area (Å²) in [6.45, 7) is 1.35. The van der Waals surface area contributed by atoms with Gasteiger partial charge in [-0.3, -0.25) is 14.5 Å². The fraction of sp³-hybridized carbons (Fsp3) is 0.433. The highest BCUT2D eigenvalue weighted by atomic mass is 31.1. The predicted molar refractivity (Wildman–Crippen MR) is 164 cm³/mol. The summed E-state index contributed by atoms with van der Waals surface area (Å²) in [5.74, 6) is -3.65. The number of nitrogens with one attached hydrogen (secondary N) is 1. The smallest absolute Gasteiger partial charge is 0.487 e. The van der Waals surface area contributed by atoms with Gasteiger partial charge in [0.05, 0.1) is 24.2 Å². The minimum absolute atomic E-state index is 0.0518. The molecule has 0 spiro atoms. The summed E-state index contributed by atoms with van der Waals surface area (Å²) in [6.07, 6.45) is 1.52. The highest BCUT2D eigenvalue weighted by Crippen LogP contribution is 2.39. The predicted octanol–water partition coefficient (Wildman–Crippen LogP) is 3.25. The van der Waals surface area contributed by atoms with Crippen molar-refractivity contribution in [2.24, 2.45) is 0 Å². The first-order valence-corrected chi connectivity index (χ1v) is 16.2. The van der Waals surface area contributed by atoms with Gasteiger partial charge in [0.2, 0.25) is 11.3 Å². The van der Waals surface area contributed by atoms with Crippen LogP contribution in [0.15, 0.2) is 35.3 Å². The number of fused-ring (bicyclic) bond motifs is 1. The first-order valence-electron chi connectivity index (χ1n) is 15.1. The van der Waals surface area contributed by atoms with E-state index in [1.54, 1.807) is 9.47 Å². The fourth-order valence-electron chi connectivity index (χ4n) is 5.88. The molecule has 0 bridgehead atoms. The number of carbonyl (C=O) groups is 3. The maximum absolute atomic E-state index is 15.4. The fourth-order valence-corrected chi connectivity index (χ4v) is 6.44. The minimum Gasteiger partial charge on any atom is -0.487 e. The number of amides is 2. The molecule has 1 aliphatic carbocycles. The van der Waals surface area contributed by atoms with E-state index in [0.717, 1.165) is 25.0 Å². The molecule has 1 saturated carbocycles. The number of piperidine rings is 1. The number of aromatic carboxylic acids is 1. The molecule has 3 fully saturated rings. The van der Waals surface area contributed by atoms with Crippen LogP contribution in [0.3, 0.4) is 0 Å². The molecule has 2 saturated heterocycles. The highest BCUT2D eigenvalue weighted by Gasteiger charge is 2.45. The Morgan fingerprint density at radius 1 is 1.17 bits per heavy atom. The van der Waals surface area contributed by atoms with Gasteiger partial charge in [-0.05, 0) is 31.0 Å². The van der Waals surface area contributed by atoms with Crippen molar-refractivity contribution in [3.63, 3.8) is 0 Å². The molecule has 3 aliphatic rings. The molecule has 1 aromatic carbocycles. The number of hydrogen-bond acceptors (Lipinski definition) is 10. The summed E-state index contributed by atoms with van der Waals surface area (Å²) in [4.78, 5) is 64.8. The molecule has 15 nitrogen and oxygen atoms in total. The van der Waals surface area contributed by atoms with Crippen molar-refractivity contribution in [2.45, 2.75) is 50.4 Å². The second-order valence-electron chi connectivity index (χ2n) is 11.9. The topological polar surface area (TPSA) is 190 Å². The SMILES string of the molecule is CC(=O)NC[C@H]1CN(c2ccc(OCC3(O[P+](=O)O)CCN(c4nc5c(cc4F)c(=O)c(C(=O)O)cn5C4CC4)CC3)c(F)c2)C(=O)O1. The van der Waals surface area contributed by atoms with Crippen LogP contribution in [-0.2, 0) is 18.6 Å². The van der Waals surface area contributed by atoms with E-state index in [-0.39, 0.29) is 85.9 Å². The van der Waals surface area contributed by atoms with Gasteiger partial charge in [-0.15, -0.1) is 9.42 Å². The van der Waals surface area contributed by atoms with Crippen LogP contribution in [0, 0.1) is 11.6 Å². The normalized spacial score (nSPS) is 19.3. The van der Waals surface area contributed by atoms with Crippen LogP contribution in [-0.4, -0.2) is 82.0 Å². The zero-order valence-corrected chi connectivity index (χ0v) is 26.5. The van der Waals surface area contributed by atoms with Gasteiger partial charge >= 0.3 is 20.3 Å². The van der Waals surface area contributed by atoms with Crippen LogP contribution in [0.4, 0.5) is 25.1 Å². The number of cyclic esters (lactones) is 1. The Balaban J connectivity index is 1.16. The molecule has 1 unspecified atom stereocenters. The third-order valence-corrected chi connectivity index (χ3v) is 9.07. The molecule has 2 atom stereocenters. The van der Waals surface area contributed by atoms with Gasteiger partial charge in [0.25, 0.3) is 0 Å². The number of nitrogens with zero attached hydrogens (tertiary/aromatic N) is 4. The second-order valence-corrected chi connectivity index (χ2v) is 12.6. The number of pyridine rings is 2. The first kappa shape index (κ1) is 33.2. The van der Waals surface area contributed by atoms with Crippen LogP contribution in [0.1, 0.15) is 49.0 Å². The lowest BCUT2D eigenvalue weighted by atomic mass is 9.92. The van der Waals surface area contributed by atoms with Crippen molar-refractivity contribution in [3.05, 3.63) is 57.9 Å². The number of carboxylic acids is 1. The van der Waals surface area contributed by atoms with Gasteiger partial charge in [-0.25, -0.2) is 23.4 Å². The average molecular weight is 691 g/mol. The van der Waals surface area contributed by atoms with Gasteiger partial charge < -0.3 is 29.4 Å². The van der Waals surface area contributed by atoms with Gasteiger partial charge in [-0.2, -0.15) is 0 Å². The number of carbonyl (C=O) groups excluding carboxylic acids is 2. The maximum Gasteiger partial charge on any atom is 0.695 e. The number of halogens is 2. The summed E-state index contributed by atoms with van der Waals surface area (Å²) in [7, 11) is -3.11. The number of carboxylic acid groups (broad SMARTS) is 1. The lowest BCUT2D eigenvalue weighted by molar-refractivity contribution is -0.119. The Hall–Kier alpha value is -4.73. The van der Waals surface area contributed by atoms with Gasteiger partial charge in [0.15, 0.2) is 28.8 Å². The molecule has 2 amide bonds. The highest BCUT2D eigenvalue weighted by molar-refractivity contribution is 7.32. The molecule has 4 heterocycles. The lowest BCUT2D eigenvalue weighted by Gasteiger charge is -2.38. The lowest BCUT2D eigenvalue weighted by Crippen LogP contribution is -2.49. The monoisotopic (exact) mass is 690 g/mol. The Morgan fingerprint density at radius 3 is 2.52 bits per heavy atom. The van der Waals surface area contributed by atoms with Crippen molar-refractivity contribution < 1.29 is 51.7 Å². The van der Waals surface area contributed by atoms with Crippen LogP contribution in [0.25, 0.3) is 11.0 Å². The quantitative estimate of drug-likeness (QED) is 0.250. The van der Waals surface area contributed by atoms with Crippen molar-refractivity contribution in [3.8, 4) is 5.75 Å². The molecular formula is C30H31F2N5O10P+. The van der Waals surface area contributed by atoms with Crippen molar-refractivity contribution in [2.75, 3.05) is 42.6 Å². The van der Waals surface area contributed by atoms with E-state index >= 15 is 8.78 Å². The van der Waals surface area contributed by atoms with E-state index in [1.807, 2.05) is 0 Å². The average Bonchev–Trinajstić information content (AvgIpc) is 3.80. The van der Waals surface area contributed by atoms with Gasteiger partial charge in [0, 0.05) is 55.7 Å². The van der Waals surface area contributed by atoms with E-state index in [9.17, 15) is 33.7 Å². The minimum atomic E-state index is -3.11. The Labute approximate surface area is 271 Å². The third-order valence-electron chi connectivity index (χ3n) is 8.53. The molecular weight excluding hydrogens is 659 g/mol. The van der Waals surface area contributed by atoms with Crippen molar-refractivity contribution in [1.29, 1.82) is 0 Å². The zero-order valence-electron chi connectivity index (χ0n) is 25.6. The van der Waals surface area contributed by atoms with E-state index in [4.69, 9.17) is 14.0 Å². The molecule has 3 N–H and O–H groups in total. The summed E-state index contributed by atoms with van der Waals surface area (Å²) in [5, 5.41) is 11.9. The summed E-state index contributed by atoms with van der Waals surface area (Å²) < 4.78 is 60.3. The number of anilines is 2. The number of ether oxygens (including phenoxy) is 2. The van der Waals surface area contributed by atoms with Crippen LogP contribution in [0.5, 0.6) is 5.75 Å². The molecule has 3 aromatic rings. The maximum atomic E-state index is 15.4. The van der Waals surface area contributed by atoms with E-state index < -0.39 is 54.6 Å². The molecule has 254 valence electrons. The van der Waals surface area contributed by atoms with E-state index in [2.05, 4.69) is 10.3 Å². The molecule has 48 heavy (non-hydrogen) atoms. The summed E-state index contributed by atoms with van der Waals surface area (Å²) >= 11 is 0. The molecule has 6 rings (SSSR count). The first-order chi connectivity index (χ1) is 22.8. The number of aromatic nitrogens is 2. The van der Waals surface area contributed by atoms with E-state index in [1.165, 1.54) is 30.2 Å². The summed E-state index contributed by atoms with van der Waals surface area (Å²) in [5.41, 5.74) is -2.32. The third kappa shape index (κ3) is 6.79. The second kappa shape index (κ2) is 13.1. The van der Waals surface area contributed by atoms with Crippen LogP contribution >= 0.6 is 8.25 Å². The van der Waals surface area contributed by atoms with Crippen molar-refractivity contribution >= 4 is 48.8 Å². The largest absolute Gasteiger partial charge is 0.695 e. The number of hydrogen-bond donors (Lipinski definition) is 3. The molecule has 2 aliphatic heterocycles. The van der Waals surface area contributed by atoms with Crippen LogP contribution in [0.2, 0.25) is 0 Å². The number of benzene rings is 1. The van der Waals surface area contributed by atoms with Crippen molar-refractivity contribution in [1.82, 2.24) is 14.9 Å².